The van der Waals surface area contributed by atoms with Crippen molar-refractivity contribution in [3.8, 4) is 16.9 Å². The Kier molecular flexibility index (Phi) is 5.43. The summed E-state index contributed by atoms with van der Waals surface area (Å²) in [5.74, 6) is 0.468. The number of ketones is 1. The van der Waals surface area contributed by atoms with Crippen LogP contribution in [0.25, 0.3) is 11.1 Å². The summed E-state index contributed by atoms with van der Waals surface area (Å²) in [6, 6.07) is 19.6. The SMILES string of the molecule is Cc1cc(C)c(C(=O)COc2ccc(-c3ccccc3)cc2Cl)cc1C. The summed E-state index contributed by atoms with van der Waals surface area (Å²) in [6.45, 7) is 5.96. The third-order valence-electron chi connectivity index (χ3n) is 4.54. The summed E-state index contributed by atoms with van der Waals surface area (Å²) in [5.41, 5.74) is 6.04. The molecule has 132 valence electrons. The second kappa shape index (κ2) is 7.76. The highest BCUT2D eigenvalue weighted by atomic mass is 35.5. The maximum Gasteiger partial charge on any atom is 0.200 e. The minimum absolute atomic E-state index is 0.0340. The molecule has 0 aliphatic heterocycles. The van der Waals surface area contributed by atoms with Crippen molar-refractivity contribution in [3.05, 3.63) is 87.9 Å². The van der Waals surface area contributed by atoms with Crippen LogP contribution in [-0.4, -0.2) is 12.4 Å². The molecule has 0 aliphatic carbocycles. The van der Waals surface area contributed by atoms with E-state index in [0.29, 0.717) is 16.3 Å². The molecule has 2 nitrogen and oxygen atoms in total. The van der Waals surface area contributed by atoms with Crippen LogP contribution in [0.2, 0.25) is 5.02 Å². The smallest absolute Gasteiger partial charge is 0.200 e. The van der Waals surface area contributed by atoms with Gasteiger partial charge in [-0.1, -0.05) is 54.1 Å². The summed E-state index contributed by atoms with van der Waals surface area (Å²) < 4.78 is 5.69. The van der Waals surface area contributed by atoms with Gasteiger partial charge in [0.1, 0.15) is 5.75 Å². The van der Waals surface area contributed by atoms with Crippen molar-refractivity contribution in [2.75, 3.05) is 6.61 Å². The van der Waals surface area contributed by atoms with Crippen LogP contribution in [0.4, 0.5) is 0 Å². The number of benzene rings is 3. The van der Waals surface area contributed by atoms with Crippen LogP contribution in [0.15, 0.2) is 60.7 Å². The number of ether oxygens (including phenoxy) is 1. The average Bonchev–Trinajstić information content (AvgIpc) is 2.64. The maximum absolute atomic E-state index is 12.5. The first-order chi connectivity index (χ1) is 12.5. The van der Waals surface area contributed by atoms with Crippen LogP contribution in [-0.2, 0) is 0 Å². The molecule has 0 fully saturated rings. The van der Waals surface area contributed by atoms with Gasteiger partial charge >= 0.3 is 0 Å². The molecule has 0 N–H and O–H groups in total. The average molecular weight is 365 g/mol. The fraction of sp³-hybridized carbons (Fsp3) is 0.174. The number of aryl methyl sites for hydroxylation is 3. The second-order valence-electron chi connectivity index (χ2n) is 6.47. The Morgan fingerprint density at radius 1 is 0.846 bits per heavy atom. The van der Waals surface area contributed by atoms with E-state index in [1.54, 1.807) is 0 Å². The van der Waals surface area contributed by atoms with Gasteiger partial charge < -0.3 is 4.74 Å². The quantitative estimate of drug-likeness (QED) is 0.504. The number of hydrogen-bond acceptors (Lipinski definition) is 2. The van der Waals surface area contributed by atoms with Crippen LogP contribution in [0.1, 0.15) is 27.0 Å². The highest BCUT2D eigenvalue weighted by molar-refractivity contribution is 6.32. The largest absolute Gasteiger partial charge is 0.484 e. The molecule has 0 heterocycles. The van der Waals surface area contributed by atoms with Crippen LogP contribution in [0, 0.1) is 20.8 Å². The van der Waals surface area contributed by atoms with E-state index in [1.807, 2.05) is 81.4 Å². The van der Waals surface area contributed by atoms with Crippen LogP contribution in [0.5, 0.6) is 5.75 Å². The molecule has 0 amide bonds. The van der Waals surface area contributed by atoms with Gasteiger partial charge in [-0.2, -0.15) is 0 Å². The van der Waals surface area contributed by atoms with Crippen LogP contribution < -0.4 is 4.74 Å². The van der Waals surface area contributed by atoms with Gasteiger partial charge in [-0.15, -0.1) is 0 Å². The predicted octanol–water partition coefficient (Wildman–Crippen LogP) is 6.19. The van der Waals surface area contributed by atoms with E-state index in [0.717, 1.165) is 22.3 Å². The monoisotopic (exact) mass is 364 g/mol. The molecule has 3 aromatic rings. The van der Waals surface area contributed by atoms with Gasteiger partial charge in [0.15, 0.2) is 12.4 Å². The van der Waals surface area contributed by atoms with Crippen molar-refractivity contribution in [1.82, 2.24) is 0 Å². The molecule has 0 aliphatic rings. The predicted molar refractivity (Wildman–Crippen MR) is 107 cm³/mol. The molecular formula is C23H21ClO2. The van der Waals surface area contributed by atoms with Gasteiger partial charge in [0.2, 0.25) is 0 Å². The van der Waals surface area contributed by atoms with Crippen LogP contribution >= 0.6 is 11.6 Å². The second-order valence-corrected chi connectivity index (χ2v) is 6.88. The third-order valence-corrected chi connectivity index (χ3v) is 4.83. The minimum atomic E-state index is -0.0474. The molecule has 0 unspecified atom stereocenters. The molecule has 3 heteroatoms. The first-order valence-electron chi connectivity index (χ1n) is 8.54. The first kappa shape index (κ1) is 18.2. The molecular weight excluding hydrogens is 344 g/mol. The lowest BCUT2D eigenvalue weighted by Gasteiger charge is -2.12. The Morgan fingerprint density at radius 2 is 1.54 bits per heavy atom. The van der Waals surface area contributed by atoms with E-state index in [9.17, 15) is 4.79 Å². The third kappa shape index (κ3) is 3.97. The molecule has 0 saturated heterocycles. The number of hydrogen-bond donors (Lipinski definition) is 0. The summed E-state index contributed by atoms with van der Waals surface area (Å²) in [7, 11) is 0. The summed E-state index contributed by atoms with van der Waals surface area (Å²) in [4.78, 5) is 12.5. The van der Waals surface area contributed by atoms with Crippen LogP contribution in [0.3, 0.4) is 0 Å². The zero-order valence-corrected chi connectivity index (χ0v) is 15.9. The van der Waals surface area contributed by atoms with Gasteiger partial charge in [-0.05, 0) is 66.8 Å². The van der Waals surface area contributed by atoms with Crippen molar-refractivity contribution in [2.45, 2.75) is 20.8 Å². The highest BCUT2D eigenvalue weighted by Crippen LogP contribution is 2.30. The number of halogens is 1. The molecule has 0 radical (unpaired) electrons. The lowest BCUT2D eigenvalue weighted by Crippen LogP contribution is -2.13. The molecule has 0 aromatic heterocycles. The first-order valence-corrected chi connectivity index (χ1v) is 8.92. The highest BCUT2D eigenvalue weighted by Gasteiger charge is 2.13. The van der Waals surface area contributed by atoms with E-state index in [2.05, 4.69) is 0 Å². The Labute approximate surface area is 159 Å². The van der Waals surface area contributed by atoms with Crippen molar-refractivity contribution in [3.63, 3.8) is 0 Å². The normalized spacial score (nSPS) is 10.6. The van der Waals surface area contributed by atoms with Gasteiger partial charge in [-0.3, -0.25) is 4.79 Å². The number of carbonyl (C=O) groups is 1. The van der Waals surface area contributed by atoms with Gasteiger partial charge in [0.25, 0.3) is 0 Å². The van der Waals surface area contributed by atoms with Crippen molar-refractivity contribution < 1.29 is 9.53 Å². The number of carbonyl (C=O) groups excluding carboxylic acids is 1. The van der Waals surface area contributed by atoms with E-state index < -0.39 is 0 Å². The summed E-state index contributed by atoms with van der Waals surface area (Å²) >= 11 is 6.35. The Morgan fingerprint density at radius 3 is 2.23 bits per heavy atom. The molecule has 3 aromatic carbocycles. The Bertz CT molecular complexity index is 946. The molecule has 0 bridgehead atoms. The molecule has 0 saturated carbocycles. The zero-order chi connectivity index (χ0) is 18.7. The zero-order valence-electron chi connectivity index (χ0n) is 15.2. The standard InChI is InChI=1S/C23H21ClO2/c1-15-11-17(3)20(12-16(15)2)22(25)14-26-23-10-9-19(13-21(23)24)18-7-5-4-6-8-18/h4-13H,14H2,1-3H3. The van der Waals surface area contributed by atoms with E-state index >= 15 is 0 Å². The number of rotatable bonds is 5. The summed E-state index contributed by atoms with van der Waals surface area (Å²) in [6.07, 6.45) is 0. The topological polar surface area (TPSA) is 26.3 Å². The van der Waals surface area contributed by atoms with E-state index in [4.69, 9.17) is 16.3 Å². The minimum Gasteiger partial charge on any atom is -0.484 e. The van der Waals surface area contributed by atoms with E-state index in [1.165, 1.54) is 5.56 Å². The molecule has 3 rings (SSSR count). The summed E-state index contributed by atoms with van der Waals surface area (Å²) in [5, 5.41) is 0.496. The van der Waals surface area contributed by atoms with E-state index in [-0.39, 0.29) is 12.4 Å². The molecule has 26 heavy (non-hydrogen) atoms. The fourth-order valence-electron chi connectivity index (χ4n) is 2.91. The van der Waals surface area contributed by atoms with Crippen molar-refractivity contribution >= 4 is 17.4 Å². The fourth-order valence-corrected chi connectivity index (χ4v) is 3.15. The lowest BCUT2D eigenvalue weighted by molar-refractivity contribution is 0.0921. The number of Topliss-reactive ketones (excluding diaryl/α,β-unsaturated/α-hetero) is 1. The van der Waals surface area contributed by atoms with Gasteiger partial charge in [0.05, 0.1) is 5.02 Å². The Hall–Kier alpha value is -2.58. The van der Waals surface area contributed by atoms with Gasteiger partial charge in [0, 0.05) is 5.56 Å². The molecule has 0 atom stereocenters. The Balaban J connectivity index is 1.74. The van der Waals surface area contributed by atoms with Gasteiger partial charge in [-0.25, -0.2) is 0 Å². The maximum atomic E-state index is 12.5. The van der Waals surface area contributed by atoms with Crippen molar-refractivity contribution in [2.24, 2.45) is 0 Å². The molecule has 0 spiro atoms. The van der Waals surface area contributed by atoms with Crippen molar-refractivity contribution in [1.29, 1.82) is 0 Å². The lowest BCUT2D eigenvalue weighted by atomic mass is 9.98.